The average molecular weight is 560 g/mol. The van der Waals surface area contributed by atoms with Crippen LogP contribution in [-0.4, -0.2) is 28.6 Å². The minimum absolute atomic E-state index is 0.0342. The molecular weight excluding hydrogens is 506 g/mol. The Labute approximate surface area is 249 Å². The van der Waals surface area contributed by atoms with Gasteiger partial charge in [0.25, 0.3) is 0 Å². The van der Waals surface area contributed by atoms with Crippen molar-refractivity contribution in [1.82, 2.24) is 9.47 Å². The monoisotopic (exact) mass is 559 g/mol. The minimum Gasteiger partial charge on any atom is -0.493 e. The molecule has 3 rings (SSSR count). The van der Waals surface area contributed by atoms with Gasteiger partial charge >= 0.3 is 6.03 Å². The van der Waals surface area contributed by atoms with Crippen LogP contribution < -0.4 is 10.1 Å². The highest BCUT2D eigenvalue weighted by atomic mass is 16.5. The third kappa shape index (κ3) is 8.64. The Kier molecular flexibility index (Phi) is 11.1. The van der Waals surface area contributed by atoms with Crippen molar-refractivity contribution in [2.45, 2.75) is 104 Å². The van der Waals surface area contributed by atoms with Crippen molar-refractivity contribution in [3.63, 3.8) is 0 Å². The van der Waals surface area contributed by atoms with Gasteiger partial charge in [-0.1, -0.05) is 79.7 Å². The number of unbranched alkanes of at least 4 members (excludes halogenated alkanes) is 1. The number of benzene rings is 2. The first-order valence-electron chi connectivity index (χ1n) is 15.4. The van der Waals surface area contributed by atoms with E-state index in [1.165, 1.54) is 16.7 Å². The van der Waals surface area contributed by atoms with E-state index in [9.17, 15) is 4.79 Å². The fraction of sp³-hybridized carbons (Fsp3) is 0.528. The quantitative estimate of drug-likeness (QED) is 0.200. The SMILES string of the molecule is CCC(C)(C)c1ccc(OCCCCN(Cc2cccn2C)C(=O)Nc2ccc(C(C)C)cc2)c(C(C)(C)CC)c1. The molecule has 0 aliphatic rings. The molecule has 224 valence electrons. The summed E-state index contributed by atoms with van der Waals surface area (Å²) in [5, 5.41) is 3.11. The molecule has 0 saturated heterocycles. The van der Waals surface area contributed by atoms with E-state index in [4.69, 9.17) is 4.74 Å². The van der Waals surface area contributed by atoms with Crippen molar-refractivity contribution >= 4 is 11.7 Å². The molecule has 1 N–H and O–H groups in total. The van der Waals surface area contributed by atoms with E-state index in [-0.39, 0.29) is 16.9 Å². The van der Waals surface area contributed by atoms with E-state index in [1.54, 1.807) is 0 Å². The van der Waals surface area contributed by atoms with Gasteiger partial charge in [0.1, 0.15) is 5.75 Å². The Morgan fingerprint density at radius 1 is 0.951 bits per heavy atom. The van der Waals surface area contributed by atoms with E-state index < -0.39 is 0 Å². The molecule has 0 unspecified atom stereocenters. The minimum atomic E-state index is -0.0782. The second kappa shape index (κ2) is 14.1. The Hall–Kier alpha value is -3.21. The van der Waals surface area contributed by atoms with E-state index in [0.29, 0.717) is 25.6 Å². The van der Waals surface area contributed by atoms with Gasteiger partial charge in [0.15, 0.2) is 0 Å². The first-order valence-corrected chi connectivity index (χ1v) is 15.4. The number of hydrogen-bond donors (Lipinski definition) is 1. The third-order valence-electron chi connectivity index (χ3n) is 8.86. The van der Waals surface area contributed by atoms with Crippen molar-refractivity contribution in [2.24, 2.45) is 7.05 Å². The fourth-order valence-corrected chi connectivity index (χ4v) is 4.85. The Morgan fingerprint density at radius 3 is 2.22 bits per heavy atom. The highest BCUT2D eigenvalue weighted by Crippen LogP contribution is 2.38. The molecule has 0 saturated carbocycles. The fourth-order valence-electron chi connectivity index (χ4n) is 4.85. The lowest BCUT2D eigenvalue weighted by molar-refractivity contribution is 0.204. The lowest BCUT2D eigenvalue weighted by atomic mass is 9.76. The second-order valence-electron chi connectivity index (χ2n) is 13.0. The molecule has 1 aromatic heterocycles. The van der Waals surface area contributed by atoms with Crippen molar-refractivity contribution in [1.29, 1.82) is 0 Å². The lowest BCUT2D eigenvalue weighted by Gasteiger charge is -2.30. The first-order chi connectivity index (χ1) is 19.4. The molecule has 0 spiro atoms. The van der Waals surface area contributed by atoms with Crippen LogP contribution in [0.15, 0.2) is 60.8 Å². The first kappa shape index (κ1) is 32.3. The topological polar surface area (TPSA) is 46.5 Å². The molecule has 0 bridgehead atoms. The van der Waals surface area contributed by atoms with Gasteiger partial charge in [-0.05, 0) is 83.9 Å². The Bertz CT molecular complexity index is 1250. The van der Waals surface area contributed by atoms with Gasteiger partial charge in [0, 0.05) is 36.7 Å². The van der Waals surface area contributed by atoms with E-state index in [1.807, 2.05) is 36.3 Å². The molecule has 5 nitrogen and oxygen atoms in total. The van der Waals surface area contributed by atoms with Gasteiger partial charge in [-0.2, -0.15) is 0 Å². The molecule has 0 radical (unpaired) electrons. The van der Waals surface area contributed by atoms with Crippen LogP contribution in [0.2, 0.25) is 0 Å². The van der Waals surface area contributed by atoms with Crippen LogP contribution in [0.3, 0.4) is 0 Å². The van der Waals surface area contributed by atoms with Crippen molar-refractivity contribution in [3.05, 3.63) is 83.2 Å². The number of rotatable bonds is 14. The predicted octanol–water partition coefficient (Wildman–Crippen LogP) is 9.42. The van der Waals surface area contributed by atoms with Crippen molar-refractivity contribution in [2.75, 3.05) is 18.5 Å². The normalized spacial score (nSPS) is 12.0. The van der Waals surface area contributed by atoms with Crippen LogP contribution >= 0.6 is 0 Å². The zero-order valence-electron chi connectivity index (χ0n) is 27.0. The molecule has 1 heterocycles. The standard InChI is InChI=1S/C36H53N3O2/c1-10-35(5,6)29-18-21-33(32(25-29)36(7,8)11-2)41-24-13-12-23-39(26-31-15-14-22-38(31)9)34(40)37-30-19-16-28(17-20-30)27(3)4/h14-22,25,27H,10-13,23-24,26H2,1-9H3,(H,37,40). The Balaban J connectivity index is 1.65. The zero-order chi connectivity index (χ0) is 30.2. The molecule has 5 heteroatoms. The number of aromatic nitrogens is 1. The number of amides is 2. The number of carbonyl (C=O) groups excluding carboxylic acids is 1. The number of anilines is 1. The summed E-state index contributed by atoms with van der Waals surface area (Å²) in [6.45, 7) is 19.9. The predicted molar refractivity (Wildman–Crippen MR) is 173 cm³/mol. The van der Waals surface area contributed by atoms with Crippen LogP contribution in [0, 0.1) is 0 Å². The summed E-state index contributed by atoms with van der Waals surface area (Å²) in [4.78, 5) is 15.3. The smallest absolute Gasteiger partial charge is 0.322 e. The molecule has 2 aromatic carbocycles. The van der Waals surface area contributed by atoms with Crippen LogP contribution in [0.25, 0.3) is 0 Å². The van der Waals surface area contributed by atoms with Gasteiger partial charge in [-0.15, -0.1) is 0 Å². The number of nitrogens with zero attached hydrogens (tertiary/aromatic N) is 2. The number of nitrogens with one attached hydrogen (secondary N) is 1. The maximum absolute atomic E-state index is 13.4. The van der Waals surface area contributed by atoms with Gasteiger partial charge < -0.3 is 19.5 Å². The second-order valence-corrected chi connectivity index (χ2v) is 13.0. The number of ether oxygens (including phenoxy) is 1. The largest absolute Gasteiger partial charge is 0.493 e. The molecule has 2 amide bonds. The highest BCUT2D eigenvalue weighted by Gasteiger charge is 2.26. The summed E-state index contributed by atoms with van der Waals surface area (Å²) in [5.74, 6) is 1.44. The molecule has 0 atom stereocenters. The summed E-state index contributed by atoms with van der Waals surface area (Å²) in [6, 6.07) is 18.9. The van der Waals surface area contributed by atoms with E-state index in [2.05, 4.69) is 102 Å². The lowest BCUT2D eigenvalue weighted by Crippen LogP contribution is -2.36. The van der Waals surface area contributed by atoms with E-state index in [0.717, 1.165) is 42.8 Å². The van der Waals surface area contributed by atoms with Gasteiger partial charge in [-0.25, -0.2) is 4.79 Å². The Morgan fingerprint density at radius 2 is 1.63 bits per heavy atom. The maximum atomic E-state index is 13.4. The number of aryl methyl sites for hydroxylation is 1. The molecule has 0 fully saturated rings. The van der Waals surface area contributed by atoms with Crippen LogP contribution in [0.5, 0.6) is 5.75 Å². The summed E-state index contributed by atoms with van der Waals surface area (Å²) in [6.07, 6.45) is 5.88. The van der Waals surface area contributed by atoms with Gasteiger partial charge in [0.05, 0.1) is 13.2 Å². The molecule has 0 aliphatic carbocycles. The zero-order valence-corrected chi connectivity index (χ0v) is 27.0. The number of carbonyl (C=O) groups is 1. The van der Waals surface area contributed by atoms with Gasteiger partial charge in [-0.3, -0.25) is 0 Å². The van der Waals surface area contributed by atoms with Gasteiger partial charge in [0.2, 0.25) is 0 Å². The van der Waals surface area contributed by atoms with Crippen molar-refractivity contribution in [3.8, 4) is 5.75 Å². The van der Waals surface area contributed by atoms with Crippen LogP contribution in [-0.2, 0) is 24.4 Å². The summed E-state index contributed by atoms with van der Waals surface area (Å²) in [7, 11) is 2.02. The van der Waals surface area contributed by atoms with Crippen molar-refractivity contribution < 1.29 is 9.53 Å². The number of urea groups is 1. The third-order valence-corrected chi connectivity index (χ3v) is 8.86. The number of hydrogen-bond acceptors (Lipinski definition) is 2. The van der Waals surface area contributed by atoms with E-state index >= 15 is 0 Å². The highest BCUT2D eigenvalue weighted by molar-refractivity contribution is 5.89. The molecule has 3 aromatic rings. The average Bonchev–Trinajstić information content (AvgIpc) is 3.36. The molecule has 41 heavy (non-hydrogen) atoms. The molecular formula is C36H53N3O2. The summed E-state index contributed by atoms with van der Waals surface area (Å²) in [5.41, 5.74) is 6.01. The summed E-state index contributed by atoms with van der Waals surface area (Å²) >= 11 is 0. The van der Waals surface area contributed by atoms with Crippen LogP contribution in [0.4, 0.5) is 10.5 Å². The maximum Gasteiger partial charge on any atom is 0.322 e. The summed E-state index contributed by atoms with van der Waals surface area (Å²) < 4.78 is 8.47. The van der Waals surface area contributed by atoms with Crippen LogP contribution in [0.1, 0.15) is 109 Å². The molecule has 0 aliphatic heterocycles.